The molecule has 1 N–H and O–H groups in total. The second-order valence-corrected chi connectivity index (χ2v) is 5.86. The zero-order valence-corrected chi connectivity index (χ0v) is 11.8. The minimum atomic E-state index is -0.327. The number of methoxy groups -OCH3 is 1. The monoisotopic (exact) mass is 261 g/mol. The number of benzene rings is 1. The van der Waals surface area contributed by atoms with Crippen LogP contribution in [0.4, 0.5) is 4.79 Å². The normalized spacial score (nSPS) is 26.1. The third kappa shape index (κ3) is 3.72. The minimum Gasteiger partial charge on any atom is -0.453 e. The lowest BCUT2D eigenvalue weighted by atomic mass is 9.79. The van der Waals surface area contributed by atoms with Crippen molar-refractivity contribution in [2.75, 3.05) is 13.7 Å². The number of carbonyl (C=O) groups excluding carboxylic acids is 1. The van der Waals surface area contributed by atoms with Gasteiger partial charge in [-0.05, 0) is 36.2 Å². The van der Waals surface area contributed by atoms with Crippen LogP contribution in [-0.4, -0.2) is 19.7 Å². The largest absolute Gasteiger partial charge is 0.453 e. The van der Waals surface area contributed by atoms with Gasteiger partial charge in [-0.2, -0.15) is 0 Å². The van der Waals surface area contributed by atoms with Crippen molar-refractivity contribution in [3.63, 3.8) is 0 Å². The van der Waals surface area contributed by atoms with Crippen LogP contribution in [0, 0.1) is 11.3 Å². The Hall–Kier alpha value is -1.51. The van der Waals surface area contributed by atoms with Crippen LogP contribution in [0.15, 0.2) is 30.3 Å². The molecule has 2 atom stereocenters. The molecule has 1 fully saturated rings. The van der Waals surface area contributed by atoms with E-state index in [0.29, 0.717) is 6.54 Å². The van der Waals surface area contributed by atoms with E-state index in [1.807, 2.05) is 6.07 Å². The van der Waals surface area contributed by atoms with Gasteiger partial charge in [-0.15, -0.1) is 0 Å². The van der Waals surface area contributed by atoms with Crippen LogP contribution in [0.25, 0.3) is 0 Å². The van der Waals surface area contributed by atoms with Gasteiger partial charge in [0.15, 0.2) is 0 Å². The Labute approximate surface area is 115 Å². The Morgan fingerprint density at radius 2 is 2.16 bits per heavy atom. The maximum atomic E-state index is 11.3. The van der Waals surface area contributed by atoms with Crippen LogP contribution < -0.4 is 5.32 Å². The average Bonchev–Trinajstić information content (AvgIpc) is 2.79. The molecule has 1 aliphatic carbocycles. The van der Waals surface area contributed by atoms with Crippen molar-refractivity contribution >= 4 is 6.09 Å². The van der Waals surface area contributed by atoms with Crippen molar-refractivity contribution in [2.45, 2.75) is 32.6 Å². The summed E-state index contributed by atoms with van der Waals surface area (Å²) in [6, 6.07) is 10.5. The van der Waals surface area contributed by atoms with Crippen LogP contribution in [0.1, 0.15) is 31.7 Å². The van der Waals surface area contributed by atoms with Crippen LogP contribution >= 0.6 is 0 Å². The average molecular weight is 261 g/mol. The van der Waals surface area contributed by atoms with Gasteiger partial charge in [-0.25, -0.2) is 4.79 Å². The minimum absolute atomic E-state index is 0.189. The van der Waals surface area contributed by atoms with E-state index in [4.69, 9.17) is 0 Å². The van der Waals surface area contributed by atoms with Gasteiger partial charge >= 0.3 is 6.09 Å². The van der Waals surface area contributed by atoms with Gasteiger partial charge in [-0.3, -0.25) is 0 Å². The molecule has 1 saturated carbocycles. The van der Waals surface area contributed by atoms with Gasteiger partial charge in [0.25, 0.3) is 0 Å². The van der Waals surface area contributed by atoms with E-state index in [1.165, 1.54) is 31.9 Å². The number of rotatable bonds is 4. The lowest BCUT2D eigenvalue weighted by Gasteiger charge is -2.29. The second-order valence-electron chi connectivity index (χ2n) is 5.86. The Morgan fingerprint density at radius 1 is 1.42 bits per heavy atom. The molecule has 0 aromatic heterocycles. The highest BCUT2D eigenvalue weighted by molar-refractivity contribution is 5.66. The summed E-state index contributed by atoms with van der Waals surface area (Å²) in [5.41, 5.74) is 1.54. The van der Waals surface area contributed by atoms with Crippen molar-refractivity contribution in [1.82, 2.24) is 5.32 Å². The maximum Gasteiger partial charge on any atom is 0.406 e. The predicted molar refractivity (Wildman–Crippen MR) is 76.0 cm³/mol. The predicted octanol–water partition coefficient (Wildman–Crippen LogP) is 3.39. The summed E-state index contributed by atoms with van der Waals surface area (Å²) in [4.78, 5) is 11.3. The molecule has 1 aromatic rings. The molecular formula is C16H23NO2. The van der Waals surface area contributed by atoms with Crippen molar-refractivity contribution in [2.24, 2.45) is 11.3 Å². The van der Waals surface area contributed by atoms with E-state index >= 15 is 0 Å². The molecule has 0 aliphatic heterocycles. The molecule has 0 unspecified atom stereocenters. The molecule has 19 heavy (non-hydrogen) atoms. The van der Waals surface area contributed by atoms with E-state index in [0.717, 1.165) is 12.3 Å². The highest BCUT2D eigenvalue weighted by atomic mass is 16.5. The van der Waals surface area contributed by atoms with Crippen LogP contribution in [0.5, 0.6) is 0 Å². The van der Waals surface area contributed by atoms with E-state index in [2.05, 4.69) is 41.2 Å². The third-order valence-electron chi connectivity index (χ3n) is 4.16. The molecule has 1 aromatic carbocycles. The molecular weight excluding hydrogens is 238 g/mol. The number of nitrogens with one attached hydrogen (secondary N) is 1. The molecule has 1 aliphatic rings. The zero-order valence-electron chi connectivity index (χ0n) is 11.8. The Bertz CT molecular complexity index is 418. The van der Waals surface area contributed by atoms with Crippen LogP contribution in [-0.2, 0) is 11.2 Å². The third-order valence-corrected chi connectivity index (χ3v) is 4.16. The Kier molecular flexibility index (Phi) is 4.46. The highest BCUT2D eigenvalue weighted by Gasteiger charge is 2.37. The maximum absolute atomic E-state index is 11.3. The number of alkyl carbamates (subject to hydrolysis) is 1. The van der Waals surface area contributed by atoms with Crippen molar-refractivity contribution in [3.8, 4) is 0 Å². The lowest BCUT2D eigenvalue weighted by molar-refractivity contribution is 0.161. The topological polar surface area (TPSA) is 38.3 Å². The quantitative estimate of drug-likeness (QED) is 0.902. The highest BCUT2D eigenvalue weighted by Crippen LogP contribution is 2.43. The fraction of sp³-hybridized carbons (Fsp3) is 0.562. The number of amides is 1. The fourth-order valence-corrected chi connectivity index (χ4v) is 3.24. The Balaban J connectivity index is 2.05. The molecule has 0 spiro atoms. The van der Waals surface area contributed by atoms with Crippen LogP contribution in [0.2, 0.25) is 0 Å². The SMILES string of the molecule is COC(=O)NC[C@@]1(Cc2ccccc2)CC[C@@H](C)C1. The fourth-order valence-electron chi connectivity index (χ4n) is 3.24. The van der Waals surface area contributed by atoms with Gasteiger partial charge in [0.1, 0.15) is 0 Å². The second kappa shape index (κ2) is 6.09. The molecule has 0 saturated heterocycles. The van der Waals surface area contributed by atoms with Crippen molar-refractivity contribution in [3.05, 3.63) is 35.9 Å². The smallest absolute Gasteiger partial charge is 0.406 e. The molecule has 3 nitrogen and oxygen atoms in total. The molecule has 0 radical (unpaired) electrons. The first-order chi connectivity index (χ1) is 9.13. The van der Waals surface area contributed by atoms with E-state index in [-0.39, 0.29) is 11.5 Å². The summed E-state index contributed by atoms with van der Waals surface area (Å²) in [6.45, 7) is 3.00. The van der Waals surface area contributed by atoms with Gasteiger partial charge in [-0.1, -0.05) is 43.7 Å². The van der Waals surface area contributed by atoms with Gasteiger partial charge in [0, 0.05) is 6.54 Å². The number of hydrogen-bond acceptors (Lipinski definition) is 2. The van der Waals surface area contributed by atoms with Crippen molar-refractivity contribution < 1.29 is 9.53 Å². The number of hydrogen-bond donors (Lipinski definition) is 1. The van der Waals surface area contributed by atoms with E-state index in [9.17, 15) is 4.79 Å². The summed E-state index contributed by atoms with van der Waals surface area (Å²) in [7, 11) is 1.41. The summed E-state index contributed by atoms with van der Waals surface area (Å²) in [6.07, 6.45) is 4.29. The zero-order chi connectivity index (χ0) is 13.7. The molecule has 0 heterocycles. The standard InChI is InChI=1S/C16H23NO2/c1-13-8-9-16(10-13,12-17-15(18)19-2)11-14-6-4-3-5-7-14/h3-7,13H,8-12H2,1-2H3,(H,17,18)/t13-,16+/m1/s1. The van der Waals surface area contributed by atoms with Gasteiger partial charge < -0.3 is 10.1 Å². The Morgan fingerprint density at radius 3 is 2.74 bits per heavy atom. The summed E-state index contributed by atoms with van der Waals surface area (Å²) < 4.78 is 4.68. The van der Waals surface area contributed by atoms with Crippen molar-refractivity contribution in [1.29, 1.82) is 0 Å². The molecule has 2 rings (SSSR count). The number of ether oxygens (including phenoxy) is 1. The molecule has 3 heteroatoms. The molecule has 104 valence electrons. The first-order valence-corrected chi connectivity index (χ1v) is 6.99. The lowest BCUT2D eigenvalue weighted by Crippen LogP contribution is -2.37. The van der Waals surface area contributed by atoms with Gasteiger partial charge in [0.2, 0.25) is 0 Å². The summed E-state index contributed by atoms with van der Waals surface area (Å²) >= 11 is 0. The first kappa shape index (κ1) is 13.9. The van der Waals surface area contributed by atoms with Crippen LogP contribution in [0.3, 0.4) is 0 Å². The van der Waals surface area contributed by atoms with E-state index < -0.39 is 0 Å². The molecule has 0 bridgehead atoms. The summed E-state index contributed by atoms with van der Waals surface area (Å²) in [5, 5.41) is 2.89. The van der Waals surface area contributed by atoms with E-state index in [1.54, 1.807) is 0 Å². The first-order valence-electron chi connectivity index (χ1n) is 6.99. The van der Waals surface area contributed by atoms with Gasteiger partial charge in [0.05, 0.1) is 7.11 Å². The number of carbonyl (C=O) groups is 1. The molecule has 1 amide bonds. The summed E-state index contributed by atoms with van der Waals surface area (Å²) in [5.74, 6) is 0.739.